The van der Waals surface area contributed by atoms with Crippen molar-refractivity contribution in [3.8, 4) is 0 Å². The minimum Gasteiger partial charge on any atom is -0.359 e. The van der Waals surface area contributed by atoms with Crippen LogP contribution in [0.25, 0.3) is 0 Å². The van der Waals surface area contributed by atoms with Crippen molar-refractivity contribution < 1.29 is 9.59 Å². The molecule has 2 amide bonds. The van der Waals surface area contributed by atoms with Gasteiger partial charge in [0.25, 0.3) is 0 Å². The van der Waals surface area contributed by atoms with E-state index < -0.39 is 0 Å². The average Bonchev–Trinajstić information content (AvgIpc) is 2.70. The highest BCUT2D eigenvalue weighted by atomic mass is 16.2. The monoisotopic (exact) mass is 303 g/mol. The van der Waals surface area contributed by atoms with Crippen LogP contribution in [-0.4, -0.2) is 61.9 Å². The summed E-state index contributed by atoms with van der Waals surface area (Å²) in [5, 5.41) is 2.70. The Morgan fingerprint density at radius 3 is 2.64 bits per heavy atom. The molecule has 0 spiro atoms. The second-order valence-electron chi connectivity index (χ2n) is 6.02. The van der Waals surface area contributed by atoms with Crippen molar-refractivity contribution in [3.05, 3.63) is 35.4 Å². The van der Waals surface area contributed by atoms with Crippen molar-refractivity contribution in [2.45, 2.75) is 13.3 Å². The smallest absolute Gasteiger partial charge is 0.227 e. The van der Waals surface area contributed by atoms with E-state index in [2.05, 4.69) is 10.2 Å². The fourth-order valence-corrected chi connectivity index (χ4v) is 2.85. The van der Waals surface area contributed by atoms with Crippen LogP contribution in [0, 0.1) is 12.8 Å². The largest absolute Gasteiger partial charge is 0.359 e. The van der Waals surface area contributed by atoms with Gasteiger partial charge in [0.05, 0.1) is 12.3 Å². The van der Waals surface area contributed by atoms with Crippen molar-refractivity contribution in [2.24, 2.45) is 5.92 Å². The molecule has 1 N–H and O–H groups in total. The van der Waals surface area contributed by atoms with Crippen molar-refractivity contribution in [1.29, 1.82) is 0 Å². The summed E-state index contributed by atoms with van der Waals surface area (Å²) < 4.78 is 0. The van der Waals surface area contributed by atoms with Crippen molar-refractivity contribution in [2.75, 3.05) is 40.3 Å². The van der Waals surface area contributed by atoms with E-state index in [1.165, 1.54) is 0 Å². The summed E-state index contributed by atoms with van der Waals surface area (Å²) in [6.45, 7) is 4.68. The molecule has 0 radical (unpaired) electrons. The molecule has 5 nitrogen and oxygen atoms in total. The van der Waals surface area contributed by atoms with Gasteiger partial charge in [-0.05, 0) is 25.1 Å². The zero-order valence-electron chi connectivity index (χ0n) is 13.6. The number of carbonyl (C=O) groups is 2. The van der Waals surface area contributed by atoms with Crippen LogP contribution in [0.3, 0.4) is 0 Å². The molecule has 2 rings (SSSR count). The summed E-state index contributed by atoms with van der Waals surface area (Å²) in [6, 6.07) is 7.95. The molecule has 0 saturated carbocycles. The summed E-state index contributed by atoms with van der Waals surface area (Å²) in [5.41, 5.74) is 2.19. The predicted molar refractivity (Wildman–Crippen MR) is 86.5 cm³/mol. The Balaban J connectivity index is 2.07. The first-order valence-corrected chi connectivity index (χ1v) is 7.73. The molecule has 0 unspecified atom stereocenters. The standard InChI is InChI=1S/C17H25N3O2/c1-13-6-4-5-7-14(13)10-16(21)20-9-8-19(3)11-15(12-20)17(22)18-2/h4-7,15H,8-12H2,1-3H3,(H,18,22)/t15-/m0/s1. The van der Waals surface area contributed by atoms with Crippen LogP contribution in [0.1, 0.15) is 11.1 Å². The first-order valence-electron chi connectivity index (χ1n) is 7.73. The van der Waals surface area contributed by atoms with Crippen molar-refractivity contribution in [3.63, 3.8) is 0 Å². The number of aryl methyl sites for hydroxylation is 1. The fourth-order valence-electron chi connectivity index (χ4n) is 2.85. The average molecular weight is 303 g/mol. The minimum absolute atomic E-state index is 0.00226. The third-order valence-electron chi connectivity index (χ3n) is 4.30. The zero-order valence-corrected chi connectivity index (χ0v) is 13.6. The maximum atomic E-state index is 12.6. The van der Waals surface area contributed by atoms with E-state index >= 15 is 0 Å². The molecule has 1 aromatic rings. The maximum absolute atomic E-state index is 12.6. The van der Waals surface area contributed by atoms with E-state index in [0.29, 0.717) is 26.1 Å². The number of carbonyl (C=O) groups excluding carboxylic acids is 2. The number of hydrogen-bond acceptors (Lipinski definition) is 3. The van der Waals surface area contributed by atoms with Gasteiger partial charge < -0.3 is 15.1 Å². The van der Waals surface area contributed by atoms with Crippen LogP contribution in [0.5, 0.6) is 0 Å². The molecule has 1 aromatic carbocycles. The first kappa shape index (κ1) is 16.5. The van der Waals surface area contributed by atoms with Gasteiger partial charge in [0.1, 0.15) is 0 Å². The molecule has 1 saturated heterocycles. The second kappa shape index (κ2) is 7.40. The van der Waals surface area contributed by atoms with Gasteiger partial charge in [-0.1, -0.05) is 24.3 Å². The lowest BCUT2D eigenvalue weighted by molar-refractivity contribution is -0.132. The van der Waals surface area contributed by atoms with Gasteiger partial charge >= 0.3 is 0 Å². The molecule has 1 fully saturated rings. The number of nitrogens with one attached hydrogen (secondary N) is 1. The van der Waals surface area contributed by atoms with E-state index in [1.807, 2.05) is 43.1 Å². The molecule has 1 heterocycles. The Morgan fingerprint density at radius 2 is 1.95 bits per heavy atom. The molecule has 5 heteroatoms. The number of amides is 2. The molecule has 22 heavy (non-hydrogen) atoms. The summed E-state index contributed by atoms with van der Waals surface area (Å²) in [6.07, 6.45) is 0.400. The highest BCUT2D eigenvalue weighted by Crippen LogP contribution is 2.13. The Bertz CT molecular complexity index is 544. The Kier molecular flexibility index (Phi) is 5.55. The molecule has 1 aliphatic heterocycles. The lowest BCUT2D eigenvalue weighted by Gasteiger charge is -2.23. The summed E-state index contributed by atoms with van der Waals surface area (Å²) in [7, 11) is 3.64. The fraction of sp³-hybridized carbons (Fsp3) is 0.529. The SMILES string of the molecule is CNC(=O)[C@H]1CN(C)CCN(C(=O)Cc2ccccc2C)C1. The molecule has 0 aliphatic carbocycles. The van der Waals surface area contributed by atoms with Crippen LogP contribution < -0.4 is 5.32 Å². The van der Waals surface area contributed by atoms with Gasteiger partial charge in [0.15, 0.2) is 0 Å². The Hall–Kier alpha value is -1.88. The quantitative estimate of drug-likeness (QED) is 0.893. The molecule has 1 aliphatic rings. The zero-order chi connectivity index (χ0) is 16.1. The second-order valence-corrected chi connectivity index (χ2v) is 6.02. The van der Waals surface area contributed by atoms with E-state index in [0.717, 1.165) is 17.7 Å². The van der Waals surface area contributed by atoms with Crippen LogP contribution in [0.2, 0.25) is 0 Å². The molecule has 0 bridgehead atoms. The molecular formula is C17H25N3O2. The van der Waals surface area contributed by atoms with Gasteiger partial charge in [-0.15, -0.1) is 0 Å². The van der Waals surface area contributed by atoms with E-state index in [-0.39, 0.29) is 17.7 Å². The summed E-state index contributed by atoms with van der Waals surface area (Å²) >= 11 is 0. The van der Waals surface area contributed by atoms with Crippen LogP contribution in [0.15, 0.2) is 24.3 Å². The Labute approximate surface area is 132 Å². The highest BCUT2D eigenvalue weighted by molar-refractivity contribution is 5.82. The van der Waals surface area contributed by atoms with Crippen LogP contribution in [-0.2, 0) is 16.0 Å². The number of benzene rings is 1. The minimum atomic E-state index is -0.168. The van der Waals surface area contributed by atoms with Crippen LogP contribution in [0.4, 0.5) is 0 Å². The van der Waals surface area contributed by atoms with Crippen molar-refractivity contribution in [1.82, 2.24) is 15.1 Å². The topological polar surface area (TPSA) is 52.7 Å². The van der Waals surface area contributed by atoms with Gasteiger partial charge in [0, 0.05) is 33.2 Å². The third-order valence-corrected chi connectivity index (χ3v) is 4.30. The van der Waals surface area contributed by atoms with E-state index in [9.17, 15) is 9.59 Å². The highest BCUT2D eigenvalue weighted by Gasteiger charge is 2.28. The normalized spacial score (nSPS) is 19.6. The molecular weight excluding hydrogens is 278 g/mol. The predicted octanol–water partition coefficient (Wildman–Crippen LogP) is 0.674. The summed E-state index contributed by atoms with van der Waals surface area (Å²) in [5.74, 6) is -0.0701. The number of hydrogen-bond donors (Lipinski definition) is 1. The maximum Gasteiger partial charge on any atom is 0.227 e. The van der Waals surface area contributed by atoms with Gasteiger partial charge in [-0.25, -0.2) is 0 Å². The molecule has 0 aromatic heterocycles. The lowest BCUT2D eigenvalue weighted by atomic mass is 10.0. The van der Waals surface area contributed by atoms with Gasteiger partial charge in [-0.2, -0.15) is 0 Å². The van der Waals surface area contributed by atoms with E-state index in [1.54, 1.807) is 7.05 Å². The van der Waals surface area contributed by atoms with E-state index in [4.69, 9.17) is 0 Å². The van der Waals surface area contributed by atoms with Gasteiger partial charge in [-0.3, -0.25) is 9.59 Å². The van der Waals surface area contributed by atoms with Gasteiger partial charge in [0.2, 0.25) is 11.8 Å². The van der Waals surface area contributed by atoms with Crippen LogP contribution >= 0.6 is 0 Å². The lowest BCUT2D eigenvalue weighted by Crippen LogP contribution is -2.41. The summed E-state index contributed by atoms with van der Waals surface area (Å²) in [4.78, 5) is 28.5. The molecule has 120 valence electrons. The third kappa shape index (κ3) is 4.07. The number of nitrogens with zero attached hydrogens (tertiary/aromatic N) is 2. The number of likely N-dealkylation sites (N-methyl/N-ethyl adjacent to an activating group) is 1. The molecule has 1 atom stereocenters. The number of rotatable bonds is 3. The van der Waals surface area contributed by atoms with Crippen molar-refractivity contribution >= 4 is 11.8 Å². The first-order chi connectivity index (χ1) is 10.5. The Morgan fingerprint density at radius 1 is 1.23 bits per heavy atom.